The zero-order chi connectivity index (χ0) is 13.9. The van der Waals surface area contributed by atoms with E-state index in [9.17, 15) is 0 Å². The molecule has 0 amide bonds. The first-order valence-corrected chi connectivity index (χ1v) is 6.76. The van der Waals surface area contributed by atoms with Gasteiger partial charge in [-0.2, -0.15) is 5.26 Å². The molecule has 2 N–H and O–H groups in total. The maximum Gasteiger partial charge on any atom is 0.134 e. The van der Waals surface area contributed by atoms with Crippen molar-refractivity contribution in [2.75, 3.05) is 18.0 Å². The normalized spacial score (nSPS) is 16.8. The van der Waals surface area contributed by atoms with Gasteiger partial charge in [0.25, 0.3) is 0 Å². The topological polar surface area (TPSA) is 65.9 Å². The van der Waals surface area contributed by atoms with Gasteiger partial charge < -0.3 is 10.6 Å². The minimum Gasteiger partial charge on any atom is -0.330 e. The van der Waals surface area contributed by atoms with Gasteiger partial charge in [-0.3, -0.25) is 0 Å². The smallest absolute Gasteiger partial charge is 0.134 e. The van der Waals surface area contributed by atoms with Gasteiger partial charge >= 0.3 is 0 Å². The SMILES string of the molecule is N#Cc1ccnc(N2CC(CCN)c3ccccc32)c1. The number of nitrogens with zero attached hydrogens (tertiary/aromatic N) is 3. The summed E-state index contributed by atoms with van der Waals surface area (Å²) in [6, 6.07) is 14.1. The second-order valence-corrected chi connectivity index (χ2v) is 4.96. The molecule has 2 aromatic rings. The second kappa shape index (κ2) is 5.32. The fourth-order valence-corrected chi connectivity index (χ4v) is 2.80. The first kappa shape index (κ1) is 12.6. The van der Waals surface area contributed by atoms with Crippen LogP contribution in [0.3, 0.4) is 0 Å². The molecule has 1 aromatic heterocycles. The summed E-state index contributed by atoms with van der Waals surface area (Å²) in [6.45, 7) is 1.55. The van der Waals surface area contributed by atoms with Gasteiger partial charge in [0.05, 0.1) is 11.6 Å². The van der Waals surface area contributed by atoms with Gasteiger partial charge in [-0.1, -0.05) is 18.2 Å². The Morgan fingerprint density at radius 2 is 2.20 bits per heavy atom. The highest BCUT2D eigenvalue weighted by atomic mass is 15.2. The molecule has 1 aromatic carbocycles. The minimum absolute atomic E-state index is 0.434. The van der Waals surface area contributed by atoms with Crippen molar-refractivity contribution in [1.82, 2.24) is 4.98 Å². The fourth-order valence-electron chi connectivity index (χ4n) is 2.80. The van der Waals surface area contributed by atoms with Crippen LogP contribution in [0.15, 0.2) is 42.6 Å². The molecule has 0 radical (unpaired) electrons. The Morgan fingerprint density at radius 1 is 1.35 bits per heavy atom. The van der Waals surface area contributed by atoms with Crippen LogP contribution in [-0.2, 0) is 0 Å². The van der Waals surface area contributed by atoms with Crippen molar-refractivity contribution >= 4 is 11.5 Å². The Kier molecular flexibility index (Phi) is 3.36. The van der Waals surface area contributed by atoms with Gasteiger partial charge in [0.15, 0.2) is 0 Å². The van der Waals surface area contributed by atoms with E-state index in [2.05, 4.69) is 34.2 Å². The van der Waals surface area contributed by atoms with Crippen molar-refractivity contribution in [1.29, 1.82) is 5.26 Å². The van der Waals surface area contributed by atoms with E-state index in [1.54, 1.807) is 12.3 Å². The number of para-hydroxylation sites is 1. The van der Waals surface area contributed by atoms with Crippen molar-refractivity contribution in [2.45, 2.75) is 12.3 Å². The molecular formula is C16H16N4. The summed E-state index contributed by atoms with van der Waals surface area (Å²) >= 11 is 0. The number of benzene rings is 1. The summed E-state index contributed by atoms with van der Waals surface area (Å²) in [5.41, 5.74) is 8.85. The van der Waals surface area contributed by atoms with E-state index < -0.39 is 0 Å². The van der Waals surface area contributed by atoms with Crippen molar-refractivity contribution in [3.63, 3.8) is 0 Å². The minimum atomic E-state index is 0.434. The molecule has 1 unspecified atom stereocenters. The van der Waals surface area contributed by atoms with Crippen LogP contribution in [0.1, 0.15) is 23.5 Å². The van der Waals surface area contributed by atoms with Crippen LogP contribution in [-0.4, -0.2) is 18.1 Å². The van der Waals surface area contributed by atoms with Crippen molar-refractivity contribution in [3.8, 4) is 6.07 Å². The number of rotatable bonds is 3. The third kappa shape index (κ3) is 2.13. The molecule has 1 aliphatic rings. The average molecular weight is 264 g/mol. The highest BCUT2D eigenvalue weighted by Gasteiger charge is 2.29. The first-order chi connectivity index (χ1) is 9.83. The molecular weight excluding hydrogens is 248 g/mol. The van der Waals surface area contributed by atoms with E-state index in [-0.39, 0.29) is 0 Å². The van der Waals surface area contributed by atoms with E-state index in [0.29, 0.717) is 18.0 Å². The summed E-state index contributed by atoms with van der Waals surface area (Å²) in [5, 5.41) is 9.02. The Bertz CT molecular complexity index is 660. The lowest BCUT2D eigenvalue weighted by atomic mass is 9.98. The number of hydrogen-bond donors (Lipinski definition) is 1. The second-order valence-electron chi connectivity index (χ2n) is 4.96. The molecule has 0 aliphatic carbocycles. The Morgan fingerprint density at radius 3 is 3.00 bits per heavy atom. The average Bonchev–Trinajstić information content (AvgIpc) is 2.87. The molecule has 3 rings (SSSR count). The molecule has 1 atom stereocenters. The highest BCUT2D eigenvalue weighted by Crippen LogP contribution is 2.41. The molecule has 4 heteroatoms. The van der Waals surface area contributed by atoms with Gasteiger partial charge in [-0.05, 0) is 36.7 Å². The highest BCUT2D eigenvalue weighted by molar-refractivity contribution is 5.69. The Balaban J connectivity index is 2.01. The lowest BCUT2D eigenvalue weighted by Crippen LogP contribution is -2.18. The van der Waals surface area contributed by atoms with Crippen LogP contribution in [0.25, 0.3) is 0 Å². The molecule has 0 bridgehead atoms. The molecule has 4 nitrogen and oxygen atoms in total. The maximum atomic E-state index is 9.02. The standard InChI is InChI=1S/C16H16N4/c17-7-5-13-11-20(15-4-2-1-3-14(13)15)16-9-12(10-18)6-8-19-16/h1-4,6,8-9,13H,5,7,11,17H2. The van der Waals surface area contributed by atoms with E-state index in [1.807, 2.05) is 12.1 Å². The van der Waals surface area contributed by atoms with Gasteiger partial charge in [0.2, 0.25) is 0 Å². The van der Waals surface area contributed by atoms with Crippen LogP contribution in [0.2, 0.25) is 0 Å². The van der Waals surface area contributed by atoms with E-state index in [4.69, 9.17) is 11.0 Å². The van der Waals surface area contributed by atoms with Crippen LogP contribution in [0, 0.1) is 11.3 Å². The number of aromatic nitrogens is 1. The molecule has 0 saturated carbocycles. The summed E-state index contributed by atoms with van der Waals surface area (Å²) in [7, 11) is 0. The number of hydrogen-bond acceptors (Lipinski definition) is 4. The van der Waals surface area contributed by atoms with Gasteiger partial charge in [0, 0.05) is 24.3 Å². The lowest BCUT2D eigenvalue weighted by molar-refractivity contribution is 0.667. The summed E-state index contributed by atoms with van der Waals surface area (Å²) in [6.07, 6.45) is 2.65. The molecule has 2 heterocycles. The molecule has 0 spiro atoms. The number of anilines is 2. The fraction of sp³-hybridized carbons (Fsp3) is 0.250. The van der Waals surface area contributed by atoms with Gasteiger partial charge in [-0.15, -0.1) is 0 Å². The largest absolute Gasteiger partial charge is 0.330 e. The molecule has 1 aliphatic heterocycles. The van der Waals surface area contributed by atoms with E-state index >= 15 is 0 Å². The van der Waals surface area contributed by atoms with Crippen LogP contribution in [0.5, 0.6) is 0 Å². The van der Waals surface area contributed by atoms with Crippen LogP contribution >= 0.6 is 0 Å². The third-order valence-electron chi connectivity index (χ3n) is 3.74. The summed E-state index contributed by atoms with van der Waals surface area (Å²) < 4.78 is 0. The van der Waals surface area contributed by atoms with Gasteiger partial charge in [0.1, 0.15) is 5.82 Å². The van der Waals surface area contributed by atoms with Crippen molar-refractivity contribution in [3.05, 3.63) is 53.7 Å². The first-order valence-electron chi connectivity index (χ1n) is 6.76. The molecule has 100 valence electrons. The predicted octanol–water partition coefficient (Wildman–Crippen LogP) is 2.54. The van der Waals surface area contributed by atoms with Crippen molar-refractivity contribution in [2.24, 2.45) is 5.73 Å². The Hall–Kier alpha value is -2.38. The van der Waals surface area contributed by atoms with E-state index in [0.717, 1.165) is 18.8 Å². The molecule has 0 fully saturated rings. The Labute approximate surface area is 118 Å². The monoisotopic (exact) mass is 264 g/mol. The number of nitriles is 1. The summed E-state index contributed by atoms with van der Waals surface area (Å²) in [4.78, 5) is 6.58. The van der Waals surface area contributed by atoms with Crippen molar-refractivity contribution < 1.29 is 0 Å². The van der Waals surface area contributed by atoms with Crippen LogP contribution < -0.4 is 10.6 Å². The number of nitrogens with two attached hydrogens (primary N) is 1. The zero-order valence-corrected chi connectivity index (χ0v) is 11.2. The number of fused-ring (bicyclic) bond motifs is 1. The zero-order valence-electron chi connectivity index (χ0n) is 11.2. The maximum absolute atomic E-state index is 9.02. The van der Waals surface area contributed by atoms with Gasteiger partial charge in [-0.25, -0.2) is 4.98 Å². The summed E-state index contributed by atoms with van der Waals surface area (Å²) in [5.74, 6) is 1.26. The van der Waals surface area contributed by atoms with Crippen LogP contribution in [0.4, 0.5) is 11.5 Å². The third-order valence-corrected chi connectivity index (χ3v) is 3.74. The quantitative estimate of drug-likeness (QED) is 0.925. The predicted molar refractivity (Wildman–Crippen MR) is 78.8 cm³/mol. The number of pyridine rings is 1. The molecule has 20 heavy (non-hydrogen) atoms. The molecule has 0 saturated heterocycles. The van der Waals surface area contributed by atoms with E-state index in [1.165, 1.54) is 11.3 Å². The lowest BCUT2D eigenvalue weighted by Gasteiger charge is -2.18.